The Kier molecular flexibility index (Phi) is 11.8. The van der Waals surface area contributed by atoms with Crippen LogP contribution in [0.2, 0.25) is 0 Å². The molecule has 1 aliphatic rings. The van der Waals surface area contributed by atoms with E-state index < -0.39 is 48.3 Å². The zero-order valence-electron chi connectivity index (χ0n) is 25.3. The number of amides is 3. The van der Waals surface area contributed by atoms with Gasteiger partial charge in [-0.05, 0) is 56.0 Å². The van der Waals surface area contributed by atoms with Gasteiger partial charge in [0, 0.05) is 31.9 Å². The van der Waals surface area contributed by atoms with Gasteiger partial charge in [-0.1, -0.05) is 24.3 Å². The van der Waals surface area contributed by atoms with Crippen LogP contribution in [0, 0.1) is 0 Å². The average molecular weight is 600 g/mol. The quantitative estimate of drug-likeness (QED) is 0.333. The Morgan fingerprint density at radius 2 is 1.67 bits per heavy atom. The van der Waals surface area contributed by atoms with E-state index in [0.717, 1.165) is 16.7 Å². The minimum absolute atomic E-state index is 0.0245. The SMILES string of the molecule is COc1cc(OC)cc(-c2ccc(C[C@H](NC(=O)CCC3OCCCN3C(=O)OC(C)(C)C)C(=O)NCC(=O)O)cc2)c1. The third-order valence-corrected chi connectivity index (χ3v) is 6.59. The van der Waals surface area contributed by atoms with Crippen molar-refractivity contribution in [2.24, 2.45) is 0 Å². The number of carboxylic acids is 1. The van der Waals surface area contributed by atoms with Crippen LogP contribution in [-0.2, 0) is 30.3 Å². The van der Waals surface area contributed by atoms with Crippen LogP contribution in [0.5, 0.6) is 11.5 Å². The summed E-state index contributed by atoms with van der Waals surface area (Å²) in [5.74, 6) is -0.975. The molecule has 1 saturated heterocycles. The first-order valence-corrected chi connectivity index (χ1v) is 14.1. The Morgan fingerprint density at radius 3 is 2.26 bits per heavy atom. The van der Waals surface area contributed by atoms with Crippen LogP contribution in [0.25, 0.3) is 11.1 Å². The summed E-state index contributed by atoms with van der Waals surface area (Å²) < 4.78 is 21.9. The van der Waals surface area contributed by atoms with Crippen molar-refractivity contribution in [3.8, 4) is 22.6 Å². The number of hydrogen-bond donors (Lipinski definition) is 3. The second kappa shape index (κ2) is 15.2. The lowest BCUT2D eigenvalue weighted by molar-refractivity contribution is -0.138. The molecule has 43 heavy (non-hydrogen) atoms. The van der Waals surface area contributed by atoms with Gasteiger partial charge < -0.3 is 34.7 Å². The average Bonchev–Trinajstić information content (AvgIpc) is 2.97. The number of nitrogens with one attached hydrogen (secondary N) is 2. The molecule has 2 aromatic rings. The second-order valence-electron chi connectivity index (χ2n) is 11.1. The fraction of sp³-hybridized carbons (Fsp3) is 0.484. The molecule has 0 aromatic heterocycles. The van der Waals surface area contributed by atoms with Gasteiger partial charge in [0.2, 0.25) is 11.8 Å². The molecule has 3 N–H and O–H groups in total. The number of hydrogen-bond acceptors (Lipinski definition) is 8. The molecule has 12 nitrogen and oxygen atoms in total. The maximum atomic E-state index is 13.0. The van der Waals surface area contributed by atoms with E-state index in [1.807, 2.05) is 36.4 Å². The maximum absolute atomic E-state index is 13.0. The van der Waals surface area contributed by atoms with Gasteiger partial charge in [-0.15, -0.1) is 0 Å². The molecule has 0 bridgehead atoms. The Hall–Kier alpha value is -4.32. The summed E-state index contributed by atoms with van der Waals surface area (Å²) in [4.78, 5) is 51.0. The lowest BCUT2D eigenvalue weighted by Crippen LogP contribution is -2.50. The van der Waals surface area contributed by atoms with Crippen molar-refractivity contribution < 1.29 is 43.2 Å². The molecular weight excluding hydrogens is 558 g/mol. The van der Waals surface area contributed by atoms with E-state index in [1.165, 1.54) is 4.90 Å². The van der Waals surface area contributed by atoms with Crippen LogP contribution in [-0.4, -0.2) is 85.7 Å². The van der Waals surface area contributed by atoms with Crippen LogP contribution in [0.1, 0.15) is 45.6 Å². The highest BCUT2D eigenvalue weighted by molar-refractivity contribution is 5.89. The number of carbonyl (C=O) groups is 4. The second-order valence-corrected chi connectivity index (χ2v) is 11.1. The summed E-state index contributed by atoms with van der Waals surface area (Å²) >= 11 is 0. The maximum Gasteiger partial charge on any atom is 0.412 e. The van der Waals surface area contributed by atoms with Gasteiger partial charge in [0.15, 0.2) is 0 Å². The van der Waals surface area contributed by atoms with Gasteiger partial charge in [-0.3, -0.25) is 19.3 Å². The zero-order valence-corrected chi connectivity index (χ0v) is 25.3. The van der Waals surface area contributed by atoms with Crippen molar-refractivity contribution in [1.82, 2.24) is 15.5 Å². The third-order valence-electron chi connectivity index (χ3n) is 6.59. The number of nitrogens with zero attached hydrogens (tertiary/aromatic N) is 1. The number of carboxylic acid groups (broad SMARTS) is 1. The Labute approximate surface area is 251 Å². The van der Waals surface area contributed by atoms with Crippen molar-refractivity contribution >= 4 is 23.9 Å². The van der Waals surface area contributed by atoms with Crippen molar-refractivity contribution in [3.63, 3.8) is 0 Å². The monoisotopic (exact) mass is 599 g/mol. The predicted molar refractivity (Wildman–Crippen MR) is 158 cm³/mol. The molecule has 234 valence electrons. The molecule has 0 aliphatic carbocycles. The first-order valence-electron chi connectivity index (χ1n) is 14.1. The molecule has 0 spiro atoms. The van der Waals surface area contributed by atoms with Crippen LogP contribution < -0.4 is 20.1 Å². The summed E-state index contributed by atoms with van der Waals surface area (Å²) in [6.07, 6.45) is -0.201. The van der Waals surface area contributed by atoms with E-state index >= 15 is 0 Å². The first-order chi connectivity index (χ1) is 20.4. The summed E-state index contributed by atoms with van der Waals surface area (Å²) in [5, 5.41) is 14.1. The molecule has 2 aromatic carbocycles. The number of benzene rings is 2. The summed E-state index contributed by atoms with van der Waals surface area (Å²) in [5.41, 5.74) is 1.84. The minimum atomic E-state index is -1.20. The van der Waals surface area contributed by atoms with Crippen LogP contribution in [0.3, 0.4) is 0 Å². The fourth-order valence-electron chi connectivity index (χ4n) is 4.52. The number of carbonyl (C=O) groups excluding carboxylic acids is 3. The Morgan fingerprint density at radius 1 is 1.02 bits per heavy atom. The largest absolute Gasteiger partial charge is 0.497 e. The molecule has 0 radical (unpaired) electrons. The van der Waals surface area contributed by atoms with E-state index in [9.17, 15) is 19.2 Å². The van der Waals surface area contributed by atoms with E-state index in [4.69, 9.17) is 24.1 Å². The Bertz CT molecular complexity index is 1250. The van der Waals surface area contributed by atoms with Crippen molar-refractivity contribution in [2.75, 3.05) is 33.9 Å². The number of aliphatic carboxylic acids is 1. The highest BCUT2D eigenvalue weighted by Crippen LogP contribution is 2.30. The van der Waals surface area contributed by atoms with Crippen LogP contribution in [0.4, 0.5) is 4.79 Å². The van der Waals surface area contributed by atoms with Gasteiger partial charge in [0.1, 0.15) is 35.9 Å². The first kappa shape index (κ1) is 33.2. The van der Waals surface area contributed by atoms with E-state index in [1.54, 1.807) is 41.1 Å². The summed E-state index contributed by atoms with van der Waals surface area (Å²) in [7, 11) is 3.15. The molecule has 0 saturated carbocycles. The minimum Gasteiger partial charge on any atom is -0.497 e. The number of ether oxygens (including phenoxy) is 4. The molecule has 3 rings (SSSR count). The van der Waals surface area contributed by atoms with Gasteiger partial charge in [-0.2, -0.15) is 0 Å². The molecule has 1 unspecified atom stereocenters. The molecule has 1 fully saturated rings. The lowest BCUT2D eigenvalue weighted by atomic mass is 9.99. The van der Waals surface area contributed by atoms with E-state index in [2.05, 4.69) is 10.6 Å². The molecule has 3 amide bonds. The number of rotatable bonds is 12. The van der Waals surface area contributed by atoms with E-state index in [0.29, 0.717) is 31.1 Å². The molecule has 12 heteroatoms. The highest BCUT2D eigenvalue weighted by Gasteiger charge is 2.32. The predicted octanol–water partition coefficient (Wildman–Crippen LogP) is 3.36. The summed E-state index contributed by atoms with van der Waals surface area (Å²) in [6, 6.07) is 11.9. The van der Waals surface area contributed by atoms with Crippen LogP contribution >= 0.6 is 0 Å². The molecule has 1 aliphatic heterocycles. The van der Waals surface area contributed by atoms with E-state index in [-0.39, 0.29) is 19.3 Å². The highest BCUT2D eigenvalue weighted by atomic mass is 16.6. The zero-order chi connectivity index (χ0) is 31.6. The Balaban J connectivity index is 1.68. The van der Waals surface area contributed by atoms with Gasteiger partial charge >= 0.3 is 12.1 Å². The van der Waals surface area contributed by atoms with Gasteiger partial charge in [-0.25, -0.2) is 4.79 Å². The van der Waals surface area contributed by atoms with Crippen molar-refractivity contribution in [2.45, 2.75) is 64.3 Å². The fourth-order valence-corrected chi connectivity index (χ4v) is 4.52. The molecule has 1 heterocycles. The number of methoxy groups -OCH3 is 2. The standard InChI is InChI=1S/C31H41N3O9/c1-31(2,3)43-30(39)34-13-6-14-42-27(34)12-11-26(35)33-25(29(38)32-19-28(36)37)15-20-7-9-21(10-8-20)22-16-23(40-4)18-24(17-22)41-5/h7-10,16-18,25,27H,6,11-15,19H2,1-5H3,(H,32,38)(H,33,35)(H,36,37)/t25-,27?/m0/s1. The van der Waals surface area contributed by atoms with Crippen LogP contribution in [0.15, 0.2) is 42.5 Å². The van der Waals surface area contributed by atoms with Gasteiger partial charge in [0.25, 0.3) is 0 Å². The van der Waals surface area contributed by atoms with Crippen molar-refractivity contribution in [1.29, 1.82) is 0 Å². The smallest absolute Gasteiger partial charge is 0.412 e. The molecule has 2 atom stereocenters. The normalized spacial score (nSPS) is 15.7. The van der Waals surface area contributed by atoms with Gasteiger partial charge in [0.05, 0.1) is 20.8 Å². The van der Waals surface area contributed by atoms with Crippen molar-refractivity contribution in [3.05, 3.63) is 48.0 Å². The molecular formula is C31H41N3O9. The summed E-state index contributed by atoms with van der Waals surface area (Å²) in [6.45, 7) is 5.64. The third kappa shape index (κ3) is 10.5. The topological polar surface area (TPSA) is 153 Å². The lowest BCUT2D eigenvalue weighted by Gasteiger charge is -2.36.